The Morgan fingerprint density at radius 1 is 1.21 bits per heavy atom. The van der Waals surface area contributed by atoms with E-state index in [1.54, 1.807) is 13.3 Å². The first kappa shape index (κ1) is 18.8. The molecule has 0 amide bonds. The first-order chi connectivity index (χ1) is 13.5. The molecule has 1 aliphatic heterocycles. The maximum absolute atomic E-state index is 14.4. The van der Waals surface area contributed by atoms with Crippen LogP contribution in [0.5, 0.6) is 5.88 Å². The summed E-state index contributed by atoms with van der Waals surface area (Å²) in [5, 5.41) is 0. The first-order valence-electron chi connectivity index (χ1n) is 9.44. The maximum Gasteiger partial charge on any atom is 0.212 e. The van der Waals surface area contributed by atoms with Gasteiger partial charge in [-0.2, -0.15) is 0 Å². The average molecular weight is 384 g/mol. The van der Waals surface area contributed by atoms with Crippen molar-refractivity contribution in [2.24, 2.45) is 0 Å². The molecule has 2 aromatic heterocycles. The van der Waals surface area contributed by atoms with E-state index >= 15 is 0 Å². The number of pyridine rings is 1. The van der Waals surface area contributed by atoms with E-state index in [2.05, 4.69) is 40.9 Å². The molecule has 7 heteroatoms. The van der Waals surface area contributed by atoms with Gasteiger partial charge in [0.2, 0.25) is 5.88 Å². The highest BCUT2D eigenvalue weighted by atomic mass is 19.1. The number of likely N-dealkylation sites (tertiary alicyclic amines) is 1. The van der Waals surface area contributed by atoms with Gasteiger partial charge in [0.15, 0.2) is 0 Å². The molecule has 1 N–H and O–H groups in total. The number of benzene rings is 1. The Morgan fingerprint density at radius 2 is 2.04 bits per heavy atom. The zero-order chi connectivity index (χ0) is 19.7. The SMILES string of the molecule is COc1ccc(CN2C[C@@H](F)[C@@H](OCc3nc4cc(C)c(C)cc4[nH]3)C2)cn1. The van der Waals surface area contributed by atoms with Crippen molar-refractivity contribution in [1.29, 1.82) is 0 Å². The molecule has 1 saturated heterocycles. The number of ether oxygens (including phenoxy) is 2. The number of imidazole rings is 1. The van der Waals surface area contributed by atoms with Gasteiger partial charge in [0.1, 0.15) is 24.7 Å². The number of aromatic nitrogens is 3. The van der Waals surface area contributed by atoms with E-state index in [1.807, 2.05) is 17.0 Å². The summed E-state index contributed by atoms with van der Waals surface area (Å²) in [6.45, 7) is 5.96. The second kappa shape index (κ2) is 7.85. The Balaban J connectivity index is 1.35. The molecular formula is C21H25FN4O2. The average Bonchev–Trinajstić information content (AvgIpc) is 3.23. The van der Waals surface area contributed by atoms with Gasteiger partial charge in [-0.15, -0.1) is 0 Å². The molecule has 4 rings (SSSR count). The van der Waals surface area contributed by atoms with Gasteiger partial charge in [0, 0.05) is 31.9 Å². The van der Waals surface area contributed by atoms with Crippen LogP contribution in [0.3, 0.4) is 0 Å². The van der Waals surface area contributed by atoms with Gasteiger partial charge >= 0.3 is 0 Å². The number of H-pyrrole nitrogens is 1. The van der Waals surface area contributed by atoms with Gasteiger partial charge in [0.05, 0.1) is 18.1 Å². The summed E-state index contributed by atoms with van der Waals surface area (Å²) >= 11 is 0. The normalized spacial score (nSPS) is 20.1. The number of halogens is 1. The van der Waals surface area contributed by atoms with Crippen LogP contribution in [-0.4, -0.2) is 52.3 Å². The smallest absolute Gasteiger partial charge is 0.212 e. The minimum atomic E-state index is -1.01. The molecule has 3 heterocycles. The Hall–Kier alpha value is -2.51. The highest BCUT2D eigenvalue weighted by Gasteiger charge is 2.33. The molecule has 1 aliphatic rings. The number of alkyl halides is 1. The lowest BCUT2D eigenvalue weighted by Crippen LogP contribution is -2.24. The van der Waals surface area contributed by atoms with Crippen LogP contribution in [0.4, 0.5) is 4.39 Å². The third-order valence-electron chi connectivity index (χ3n) is 5.27. The van der Waals surface area contributed by atoms with Crippen molar-refractivity contribution in [2.75, 3.05) is 20.2 Å². The third-order valence-corrected chi connectivity index (χ3v) is 5.27. The topological polar surface area (TPSA) is 63.3 Å². The molecule has 0 saturated carbocycles. The summed E-state index contributed by atoms with van der Waals surface area (Å²) in [6.07, 6.45) is 0.293. The van der Waals surface area contributed by atoms with E-state index < -0.39 is 12.3 Å². The monoisotopic (exact) mass is 384 g/mol. The van der Waals surface area contributed by atoms with Crippen LogP contribution in [0.15, 0.2) is 30.5 Å². The molecule has 0 unspecified atom stereocenters. The fourth-order valence-corrected chi connectivity index (χ4v) is 3.55. The molecule has 2 atom stereocenters. The third kappa shape index (κ3) is 4.00. The first-order valence-corrected chi connectivity index (χ1v) is 9.44. The predicted molar refractivity (Wildman–Crippen MR) is 105 cm³/mol. The summed E-state index contributed by atoms with van der Waals surface area (Å²) in [7, 11) is 1.59. The molecule has 0 aliphatic carbocycles. The summed E-state index contributed by atoms with van der Waals surface area (Å²) in [4.78, 5) is 14.1. The van der Waals surface area contributed by atoms with E-state index in [1.165, 1.54) is 11.1 Å². The highest BCUT2D eigenvalue weighted by molar-refractivity contribution is 5.77. The number of nitrogens with zero attached hydrogens (tertiary/aromatic N) is 3. The van der Waals surface area contributed by atoms with Crippen LogP contribution in [-0.2, 0) is 17.9 Å². The number of fused-ring (bicyclic) bond motifs is 1. The van der Waals surface area contributed by atoms with E-state index in [0.717, 1.165) is 22.4 Å². The second-order valence-corrected chi connectivity index (χ2v) is 7.41. The van der Waals surface area contributed by atoms with Crippen LogP contribution in [0, 0.1) is 13.8 Å². The number of aryl methyl sites for hydroxylation is 2. The van der Waals surface area contributed by atoms with Crippen molar-refractivity contribution in [2.45, 2.75) is 39.3 Å². The maximum atomic E-state index is 14.4. The minimum Gasteiger partial charge on any atom is -0.481 e. The van der Waals surface area contributed by atoms with E-state index in [0.29, 0.717) is 25.5 Å². The zero-order valence-corrected chi connectivity index (χ0v) is 16.4. The largest absolute Gasteiger partial charge is 0.481 e. The van der Waals surface area contributed by atoms with Gasteiger partial charge < -0.3 is 14.5 Å². The fraction of sp³-hybridized carbons (Fsp3) is 0.429. The quantitative estimate of drug-likeness (QED) is 0.706. The molecule has 0 bridgehead atoms. The van der Waals surface area contributed by atoms with Crippen molar-refractivity contribution in [3.8, 4) is 5.88 Å². The number of aromatic amines is 1. The van der Waals surface area contributed by atoms with Gasteiger partial charge in [-0.25, -0.2) is 14.4 Å². The van der Waals surface area contributed by atoms with Crippen molar-refractivity contribution in [3.05, 3.63) is 53.0 Å². The van der Waals surface area contributed by atoms with Gasteiger partial charge in [0.25, 0.3) is 0 Å². The molecule has 148 valence electrons. The highest BCUT2D eigenvalue weighted by Crippen LogP contribution is 2.22. The van der Waals surface area contributed by atoms with E-state index in [4.69, 9.17) is 9.47 Å². The van der Waals surface area contributed by atoms with Gasteiger partial charge in [-0.3, -0.25) is 4.90 Å². The van der Waals surface area contributed by atoms with Crippen molar-refractivity contribution in [3.63, 3.8) is 0 Å². The Morgan fingerprint density at radius 3 is 2.79 bits per heavy atom. The lowest BCUT2D eigenvalue weighted by Gasteiger charge is -2.15. The summed E-state index contributed by atoms with van der Waals surface area (Å²) < 4.78 is 25.4. The van der Waals surface area contributed by atoms with E-state index in [-0.39, 0.29) is 6.61 Å². The summed E-state index contributed by atoms with van der Waals surface area (Å²) in [6, 6.07) is 7.91. The predicted octanol–water partition coefficient (Wildman–Crippen LogP) is 3.32. The zero-order valence-electron chi connectivity index (χ0n) is 16.4. The molecule has 0 radical (unpaired) electrons. The number of methoxy groups -OCH3 is 1. The van der Waals surface area contributed by atoms with Gasteiger partial charge in [-0.05, 0) is 42.7 Å². The summed E-state index contributed by atoms with van der Waals surface area (Å²) in [5.74, 6) is 1.30. The van der Waals surface area contributed by atoms with Crippen molar-refractivity contribution in [1.82, 2.24) is 19.9 Å². The molecule has 0 spiro atoms. The molecule has 3 aromatic rings. The van der Waals surface area contributed by atoms with Crippen LogP contribution in [0.2, 0.25) is 0 Å². The number of nitrogens with one attached hydrogen (secondary N) is 1. The molecular weight excluding hydrogens is 359 g/mol. The molecule has 6 nitrogen and oxygen atoms in total. The molecule has 28 heavy (non-hydrogen) atoms. The summed E-state index contributed by atoms with van der Waals surface area (Å²) in [5.41, 5.74) is 5.34. The van der Waals surface area contributed by atoms with E-state index in [9.17, 15) is 4.39 Å². The van der Waals surface area contributed by atoms with Crippen molar-refractivity contribution >= 4 is 11.0 Å². The Bertz CT molecular complexity index is 918. The lowest BCUT2D eigenvalue weighted by molar-refractivity contribution is 0.00863. The standard InChI is InChI=1S/C21H25FN4O2/c1-13-6-17-18(7-14(13)2)25-20(24-17)12-28-19-11-26(10-16(19)22)9-15-4-5-21(27-3)23-8-15/h4-8,16,19H,9-12H2,1-3H3,(H,24,25)/t16-,19+/m1/s1. The van der Waals surface area contributed by atoms with Crippen LogP contribution in [0.25, 0.3) is 11.0 Å². The number of hydrogen-bond acceptors (Lipinski definition) is 5. The van der Waals surface area contributed by atoms with Crippen molar-refractivity contribution < 1.29 is 13.9 Å². The second-order valence-electron chi connectivity index (χ2n) is 7.41. The number of hydrogen-bond donors (Lipinski definition) is 1. The molecule has 1 fully saturated rings. The Kier molecular flexibility index (Phi) is 5.28. The van der Waals surface area contributed by atoms with Gasteiger partial charge in [-0.1, -0.05) is 6.07 Å². The van der Waals surface area contributed by atoms with Crippen LogP contribution >= 0.6 is 0 Å². The number of rotatable bonds is 6. The Labute approximate surface area is 163 Å². The molecule has 1 aromatic carbocycles. The lowest BCUT2D eigenvalue weighted by atomic mass is 10.1. The fourth-order valence-electron chi connectivity index (χ4n) is 3.55. The van der Waals surface area contributed by atoms with Crippen LogP contribution < -0.4 is 4.74 Å². The van der Waals surface area contributed by atoms with Crippen LogP contribution in [0.1, 0.15) is 22.5 Å². The minimum absolute atomic E-state index is 0.274.